The lowest BCUT2D eigenvalue weighted by molar-refractivity contribution is 0.350. The maximum Gasteiger partial charge on any atom is 0.161 e. The van der Waals surface area contributed by atoms with Crippen molar-refractivity contribution in [3.63, 3.8) is 0 Å². The Morgan fingerprint density at radius 2 is 1.55 bits per heavy atom. The fourth-order valence-electron chi connectivity index (χ4n) is 2.00. The third kappa shape index (κ3) is 7.07. The monoisotopic (exact) mass is 300 g/mol. The van der Waals surface area contributed by atoms with Crippen LogP contribution in [-0.2, 0) is 0 Å². The zero-order valence-corrected chi connectivity index (χ0v) is 13.4. The Hall–Kier alpha value is -2.10. The highest BCUT2D eigenvalue weighted by molar-refractivity contribution is 5.48. The minimum Gasteiger partial charge on any atom is -0.493 e. The van der Waals surface area contributed by atoms with Crippen LogP contribution in [0.3, 0.4) is 0 Å². The van der Waals surface area contributed by atoms with Crippen LogP contribution in [0.2, 0.25) is 0 Å². The van der Waals surface area contributed by atoms with Crippen LogP contribution in [0.15, 0.2) is 18.2 Å². The van der Waals surface area contributed by atoms with Gasteiger partial charge in [0.25, 0.3) is 0 Å². The van der Waals surface area contributed by atoms with Crippen LogP contribution in [0.5, 0.6) is 11.5 Å². The van der Waals surface area contributed by atoms with Crippen molar-refractivity contribution in [1.82, 2.24) is 0 Å². The zero-order valence-electron chi connectivity index (χ0n) is 13.4. The lowest BCUT2D eigenvalue weighted by Gasteiger charge is -2.06. The van der Waals surface area contributed by atoms with E-state index in [1.807, 2.05) is 18.2 Å². The first kappa shape index (κ1) is 18.0. The van der Waals surface area contributed by atoms with E-state index in [4.69, 9.17) is 14.6 Å². The Kier molecular flexibility index (Phi) is 9.42. The molecule has 3 nitrogen and oxygen atoms in total. The maximum atomic E-state index is 8.52. The third-order valence-electron chi connectivity index (χ3n) is 3.17. The first-order chi connectivity index (χ1) is 10.8. The van der Waals surface area contributed by atoms with Gasteiger partial charge in [-0.1, -0.05) is 30.6 Å². The molecule has 0 aromatic heterocycles. The van der Waals surface area contributed by atoms with E-state index in [1.54, 1.807) is 14.2 Å². The Morgan fingerprint density at radius 3 is 2.18 bits per heavy atom. The minimum atomic E-state index is -0.0360. The average Bonchev–Trinajstić information content (AvgIpc) is 2.56. The molecule has 0 saturated heterocycles. The lowest BCUT2D eigenvalue weighted by atomic mass is 10.1. The number of rotatable bonds is 7. The van der Waals surface area contributed by atoms with Gasteiger partial charge in [-0.05, 0) is 31.0 Å². The van der Waals surface area contributed by atoms with E-state index >= 15 is 0 Å². The summed E-state index contributed by atoms with van der Waals surface area (Å²) in [5, 5.41) is 8.52. The summed E-state index contributed by atoms with van der Waals surface area (Å²) in [7, 11) is 3.25. The molecule has 0 aliphatic rings. The van der Waals surface area contributed by atoms with E-state index in [2.05, 4.69) is 23.7 Å². The van der Waals surface area contributed by atoms with E-state index in [9.17, 15) is 0 Å². The molecule has 0 unspecified atom stereocenters. The lowest BCUT2D eigenvalue weighted by Crippen LogP contribution is -1.90. The van der Waals surface area contributed by atoms with E-state index in [0.717, 1.165) is 43.4 Å². The minimum absolute atomic E-state index is 0.0360. The molecule has 0 saturated carbocycles. The molecule has 0 fully saturated rings. The number of aliphatic hydroxyl groups is 1. The molecule has 0 spiro atoms. The van der Waals surface area contributed by atoms with Crippen molar-refractivity contribution in [2.75, 3.05) is 20.8 Å². The Balaban J connectivity index is 2.27. The van der Waals surface area contributed by atoms with Crippen LogP contribution >= 0.6 is 0 Å². The summed E-state index contributed by atoms with van der Waals surface area (Å²) < 4.78 is 10.5. The molecule has 1 aromatic rings. The number of methoxy groups -OCH3 is 2. The summed E-state index contributed by atoms with van der Waals surface area (Å²) >= 11 is 0. The molecule has 1 aromatic carbocycles. The van der Waals surface area contributed by atoms with Crippen LogP contribution in [-0.4, -0.2) is 25.9 Å². The fraction of sp³-hybridized carbons (Fsp3) is 0.474. The average molecular weight is 300 g/mol. The van der Waals surface area contributed by atoms with E-state index in [-0.39, 0.29) is 6.61 Å². The van der Waals surface area contributed by atoms with Crippen LogP contribution < -0.4 is 9.47 Å². The summed E-state index contributed by atoms with van der Waals surface area (Å²) in [6.45, 7) is -0.0360. The van der Waals surface area contributed by atoms with E-state index < -0.39 is 0 Å². The molecule has 0 aliphatic heterocycles. The van der Waals surface area contributed by atoms with E-state index in [0.29, 0.717) is 5.75 Å². The molecular weight excluding hydrogens is 276 g/mol. The van der Waals surface area contributed by atoms with Crippen molar-refractivity contribution in [1.29, 1.82) is 0 Å². The van der Waals surface area contributed by atoms with Gasteiger partial charge in [0.2, 0.25) is 0 Å². The van der Waals surface area contributed by atoms with Gasteiger partial charge >= 0.3 is 0 Å². The maximum absolute atomic E-state index is 8.52. The van der Waals surface area contributed by atoms with E-state index in [1.165, 1.54) is 6.42 Å². The smallest absolute Gasteiger partial charge is 0.161 e. The van der Waals surface area contributed by atoms with Gasteiger partial charge in [-0.2, -0.15) is 0 Å². The normalized spacial score (nSPS) is 9.23. The summed E-state index contributed by atoms with van der Waals surface area (Å²) in [6.07, 6.45) is 6.30. The molecule has 0 amide bonds. The van der Waals surface area contributed by atoms with Crippen LogP contribution in [0.1, 0.15) is 44.1 Å². The van der Waals surface area contributed by atoms with Crippen molar-refractivity contribution in [3.8, 4) is 35.2 Å². The Bertz CT molecular complexity index is 556. The van der Waals surface area contributed by atoms with Gasteiger partial charge in [-0.15, -0.1) is 5.92 Å². The van der Waals surface area contributed by atoms with Gasteiger partial charge in [-0.25, -0.2) is 0 Å². The zero-order chi connectivity index (χ0) is 16.0. The number of hydrogen-bond donors (Lipinski definition) is 1. The first-order valence-electron chi connectivity index (χ1n) is 7.59. The van der Waals surface area contributed by atoms with Crippen molar-refractivity contribution >= 4 is 0 Å². The molecular formula is C19H24O3. The molecule has 0 heterocycles. The molecule has 0 atom stereocenters. The number of ether oxygens (including phenoxy) is 2. The Labute approximate surface area is 133 Å². The molecule has 1 N–H and O–H groups in total. The number of aliphatic hydroxyl groups excluding tert-OH is 1. The van der Waals surface area contributed by atoms with Crippen molar-refractivity contribution in [2.24, 2.45) is 0 Å². The predicted molar refractivity (Wildman–Crippen MR) is 89.0 cm³/mol. The third-order valence-corrected chi connectivity index (χ3v) is 3.17. The van der Waals surface area contributed by atoms with Gasteiger partial charge in [0.15, 0.2) is 11.5 Å². The molecule has 22 heavy (non-hydrogen) atoms. The van der Waals surface area contributed by atoms with Crippen molar-refractivity contribution < 1.29 is 14.6 Å². The van der Waals surface area contributed by atoms with Gasteiger partial charge in [0.05, 0.1) is 14.2 Å². The molecule has 118 valence electrons. The molecule has 0 aliphatic carbocycles. The highest BCUT2D eigenvalue weighted by Gasteiger charge is 2.02. The van der Waals surface area contributed by atoms with Gasteiger partial charge in [-0.3, -0.25) is 0 Å². The van der Waals surface area contributed by atoms with Gasteiger partial charge < -0.3 is 14.6 Å². The summed E-state index contributed by atoms with van der Waals surface area (Å²) in [6, 6.07) is 5.70. The molecule has 0 radical (unpaired) electrons. The second kappa shape index (κ2) is 11.5. The quantitative estimate of drug-likeness (QED) is 0.619. The molecule has 1 rings (SSSR count). The van der Waals surface area contributed by atoms with Crippen LogP contribution in [0, 0.1) is 23.7 Å². The molecule has 0 bridgehead atoms. The number of hydrogen-bond acceptors (Lipinski definition) is 3. The van der Waals surface area contributed by atoms with Crippen molar-refractivity contribution in [3.05, 3.63) is 23.8 Å². The topological polar surface area (TPSA) is 38.7 Å². The predicted octanol–water partition coefficient (Wildman–Crippen LogP) is 3.39. The summed E-state index contributed by atoms with van der Waals surface area (Å²) in [5.74, 6) is 13.4. The van der Waals surface area contributed by atoms with Crippen LogP contribution in [0.25, 0.3) is 0 Å². The summed E-state index contributed by atoms with van der Waals surface area (Å²) in [5.41, 5.74) is 0.942. The first-order valence-corrected chi connectivity index (χ1v) is 7.59. The Morgan fingerprint density at radius 1 is 0.864 bits per heavy atom. The SMILES string of the molecule is COc1ccc(C#CCCCCCCC#CCO)cc1OC. The second-order valence-electron chi connectivity index (χ2n) is 4.80. The summed E-state index contributed by atoms with van der Waals surface area (Å²) in [4.78, 5) is 0. The molecule has 3 heteroatoms. The largest absolute Gasteiger partial charge is 0.493 e. The highest BCUT2D eigenvalue weighted by Crippen LogP contribution is 2.27. The van der Waals surface area contributed by atoms with Gasteiger partial charge in [0.1, 0.15) is 6.61 Å². The fourth-order valence-corrected chi connectivity index (χ4v) is 2.00. The van der Waals surface area contributed by atoms with Crippen molar-refractivity contribution in [2.45, 2.75) is 38.5 Å². The number of benzene rings is 1. The second-order valence-corrected chi connectivity index (χ2v) is 4.80. The number of unbranched alkanes of at least 4 members (excludes halogenated alkanes) is 5. The standard InChI is InChI=1S/C19H24O3/c1-21-18-14-13-17(16-19(18)22-2)12-10-8-6-4-3-5-7-9-11-15-20/h13-14,16,20H,3-8,15H2,1-2H3. The van der Waals surface area contributed by atoms with Crippen LogP contribution in [0.4, 0.5) is 0 Å². The van der Waals surface area contributed by atoms with Gasteiger partial charge in [0, 0.05) is 18.4 Å². The highest BCUT2D eigenvalue weighted by atomic mass is 16.5.